The van der Waals surface area contributed by atoms with Crippen LogP contribution in [0, 0.1) is 0 Å². The van der Waals surface area contributed by atoms with Crippen molar-refractivity contribution >= 4 is 27.9 Å². The van der Waals surface area contributed by atoms with E-state index in [-0.39, 0.29) is 6.09 Å². The number of sulfonamides is 1. The van der Waals surface area contributed by atoms with Gasteiger partial charge in [0.2, 0.25) is 10.0 Å². The summed E-state index contributed by atoms with van der Waals surface area (Å²) in [6.45, 7) is 3.40. The molecule has 6 nitrogen and oxygen atoms in total. The van der Waals surface area contributed by atoms with Crippen molar-refractivity contribution in [2.45, 2.75) is 29.6 Å². The molecule has 2 heterocycles. The van der Waals surface area contributed by atoms with Crippen LogP contribution in [0.2, 0.25) is 0 Å². The fourth-order valence-electron chi connectivity index (χ4n) is 2.97. The average Bonchev–Trinajstić information content (AvgIpc) is 2.61. The molecule has 8 heteroatoms. The molecule has 0 bridgehead atoms. The summed E-state index contributed by atoms with van der Waals surface area (Å²) in [7, 11) is -3.51. The Morgan fingerprint density at radius 2 is 2.00 bits per heavy atom. The zero-order valence-electron chi connectivity index (χ0n) is 13.7. The molecule has 0 saturated carbocycles. The zero-order valence-corrected chi connectivity index (χ0v) is 15.4. The molecule has 1 amide bonds. The Balaban J connectivity index is 1.71. The van der Waals surface area contributed by atoms with Gasteiger partial charge in [0.1, 0.15) is 0 Å². The highest BCUT2D eigenvalue weighted by atomic mass is 32.2. The van der Waals surface area contributed by atoms with Crippen LogP contribution in [0.15, 0.2) is 28.0 Å². The second-order valence-electron chi connectivity index (χ2n) is 5.81. The minimum absolute atomic E-state index is 0.299. The molecule has 1 saturated heterocycles. The van der Waals surface area contributed by atoms with Gasteiger partial charge in [-0.25, -0.2) is 13.2 Å². The first-order chi connectivity index (χ1) is 11.5. The highest BCUT2D eigenvalue weighted by Crippen LogP contribution is 2.32. The first-order valence-corrected chi connectivity index (χ1v) is 10.6. The maximum absolute atomic E-state index is 12.9. The molecule has 0 atom stereocenters. The van der Waals surface area contributed by atoms with Gasteiger partial charge in [0.05, 0.1) is 11.5 Å². The van der Waals surface area contributed by atoms with E-state index in [1.165, 1.54) is 9.20 Å². The number of hydrogen-bond acceptors (Lipinski definition) is 5. The molecular weight excluding hydrogens is 348 g/mol. The second-order valence-corrected chi connectivity index (χ2v) is 8.89. The Kier molecular flexibility index (Phi) is 5.36. The van der Waals surface area contributed by atoms with Crippen LogP contribution in [0.5, 0.6) is 0 Å². The molecule has 0 radical (unpaired) electrons. The third kappa shape index (κ3) is 3.55. The molecular formula is C16H22N2O4S2. The van der Waals surface area contributed by atoms with Gasteiger partial charge in [-0.05, 0) is 49.3 Å². The van der Waals surface area contributed by atoms with Gasteiger partial charge in [0, 0.05) is 31.1 Å². The Bertz CT molecular complexity index is 713. The molecule has 1 aromatic rings. The van der Waals surface area contributed by atoms with E-state index >= 15 is 0 Å². The number of fused-ring (bicyclic) bond motifs is 1. The van der Waals surface area contributed by atoms with Gasteiger partial charge >= 0.3 is 6.09 Å². The maximum Gasteiger partial charge on any atom is 0.409 e. The van der Waals surface area contributed by atoms with Crippen molar-refractivity contribution in [3.63, 3.8) is 0 Å². The van der Waals surface area contributed by atoms with Gasteiger partial charge in [-0.3, -0.25) is 0 Å². The highest BCUT2D eigenvalue weighted by Gasteiger charge is 2.31. The summed E-state index contributed by atoms with van der Waals surface area (Å²) in [5.74, 6) is 1.09. The van der Waals surface area contributed by atoms with Crippen molar-refractivity contribution < 1.29 is 17.9 Å². The molecule has 24 heavy (non-hydrogen) atoms. The fraction of sp³-hybridized carbons (Fsp3) is 0.562. The minimum atomic E-state index is -3.51. The van der Waals surface area contributed by atoms with E-state index in [0.717, 1.165) is 24.2 Å². The number of piperazine rings is 1. The van der Waals surface area contributed by atoms with Crippen molar-refractivity contribution in [3.05, 3.63) is 23.8 Å². The van der Waals surface area contributed by atoms with Gasteiger partial charge in [0.25, 0.3) is 0 Å². The van der Waals surface area contributed by atoms with E-state index in [0.29, 0.717) is 37.7 Å². The van der Waals surface area contributed by atoms with Gasteiger partial charge < -0.3 is 9.64 Å². The Morgan fingerprint density at radius 1 is 1.25 bits per heavy atom. The number of hydrogen-bond donors (Lipinski definition) is 0. The van der Waals surface area contributed by atoms with E-state index in [1.54, 1.807) is 29.7 Å². The summed E-state index contributed by atoms with van der Waals surface area (Å²) in [5, 5.41) is 0. The molecule has 2 aliphatic rings. The zero-order chi connectivity index (χ0) is 17.2. The first-order valence-electron chi connectivity index (χ1n) is 8.20. The van der Waals surface area contributed by atoms with Crippen LogP contribution in [0.3, 0.4) is 0 Å². The van der Waals surface area contributed by atoms with Crippen molar-refractivity contribution in [3.8, 4) is 0 Å². The number of carbonyl (C=O) groups is 1. The van der Waals surface area contributed by atoms with Crippen LogP contribution in [-0.4, -0.2) is 62.3 Å². The van der Waals surface area contributed by atoms with Crippen LogP contribution < -0.4 is 0 Å². The summed E-state index contributed by atoms with van der Waals surface area (Å²) < 4.78 is 32.1. The third-order valence-electron chi connectivity index (χ3n) is 4.28. The Hall–Kier alpha value is -1.25. The summed E-state index contributed by atoms with van der Waals surface area (Å²) in [5.41, 5.74) is 1.12. The quantitative estimate of drug-likeness (QED) is 0.816. The first kappa shape index (κ1) is 17.6. The lowest BCUT2D eigenvalue weighted by Gasteiger charge is -2.33. The van der Waals surface area contributed by atoms with Gasteiger partial charge in [-0.15, -0.1) is 11.8 Å². The van der Waals surface area contributed by atoms with Crippen LogP contribution in [-0.2, 0) is 21.2 Å². The van der Waals surface area contributed by atoms with E-state index < -0.39 is 10.0 Å². The normalized spacial score (nSPS) is 19.0. The lowest BCUT2D eigenvalue weighted by Crippen LogP contribution is -2.50. The Morgan fingerprint density at radius 3 is 2.71 bits per heavy atom. The molecule has 3 rings (SSSR count). The van der Waals surface area contributed by atoms with Crippen molar-refractivity contribution in [1.82, 2.24) is 9.21 Å². The number of amides is 1. The van der Waals surface area contributed by atoms with Crippen molar-refractivity contribution in [2.24, 2.45) is 0 Å². The van der Waals surface area contributed by atoms with Gasteiger partial charge in [0.15, 0.2) is 0 Å². The molecule has 0 N–H and O–H groups in total. The molecule has 0 spiro atoms. The van der Waals surface area contributed by atoms with Gasteiger partial charge in [-0.2, -0.15) is 4.31 Å². The Labute approximate surface area is 147 Å². The van der Waals surface area contributed by atoms with Crippen LogP contribution in [0.4, 0.5) is 4.79 Å². The maximum atomic E-state index is 12.9. The third-order valence-corrected chi connectivity index (χ3v) is 7.38. The lowest BCUT2D eigenvalue weighted by atomic mass is 10.1. The summed E-state index contributed by atoms with van der Waals surface area (Å²) >= 11 is 1.79. The monoisotopic (exact) mass is 370 g/mol. The van der Waals surface area contributed by atoms with Gasteiger partial charge in [-0.1, -0.05) is 0 Å². The van der Waals surface area contributed by atoms with Crippen molar-refractivity contribution in [2.75, 3.05) is 38.5 Å². The molecule has 2 aliphatic heterocycles. The predicted molar refractivity (Wildman–Crippen MR) is 92.8 cm³/mol. The molecule has 1 fully saturated rings. The number of nitrogens with zero attached hydrogens (tertiary/aromatic N) is 2. The summed E-state index contributed by atoms with van der Waals surface area (Å²) in [6.07, 6.45) is 1.64. The lowest BCUT2D eigenvalue weighted by molar-refractivity contribution is 0.0934. The smallest absolute Gasteiger partial charge is 0.409 e. The molecule has 0 aromatic heterocycles. The number of benzene rings is 1. The number of thioether (sulfide) groups is 1. The van der Waals surface area contributed by atoms with E-state index in [1.807, 2.05) is 12.1 Å². The molecule has 0 unspecified atom stereocenters. The SMILES string of the molecule is CCOC(=O)N1CCN(S(=O)(=O)c2ccc3c(c2)CCCS3)CC1. The second kappa shape index (κ2) is 7.33. The number of ether oxygens (including phenoxy) is 1. The fourth-order valence-corrected chi connectivity index (χ4v) is 5.46. The van der Waals surface area contributed by atoms with E-state index in [4.69, 9.17) is 4.74 Å². The number of rotatable bonds is 3. The number of carbonyl (C=O) groups excluding carboxylic acids is 1. The average molecular weight is 370 g/mol. The highest BCUT2D eigenvalue weighted by molar-refractivity contribution is 7.99. The largest absolute Gasteiger partial charge is 0.450 e. The molecule has 132 valence electrons. The number of aryl methyl sites for hydroxylation is 1. The van der Waals surface area contributed by atoms with Crippen LogP contribution >= 0.6 is 11.8 Å². The molecule has 0 aliphatic carbocycles. The van der Waals surface area contributed by atoms with E-state index in [2.05, 4.69) is 0 Å². The van der Waals surface area contributed by atoms with Crippen LogP contribution in [0.1, 0.15) is 18.9 Å². The van der Waals surface area contributed by atoms with Crippen LogP contribution in [0.25, 0.3) is 0 Å². The summed E-state index contributed by atoms with van der Waals surface area (Å²) in [6, 6.07) is 5.43. The standard InChI is InChI=1S/C16H22N2O4S2/c1-2-22-16(19)17-7-9-18(10-8-17)24(20,21)14-5-6-15-13(12-14)4-3-11-23-15/h5-6,12H,2-4,7-11H2,1H3. The minimum Gasteiger partial charge on any atom is -0.450 e. The topological polar surface area (TPSA) is 66.9 Å². The molecule has 1 aromatic carbocycles. The van der Waals surface area contributed by atoms with Crippen molar-refractivity contribution in [1.29, 1.82) is 0 Å². The predicted octanol–water partition coefficient (Wildman–Crippen LogP) is 2.19. The summed E-state index contributed by atoms with van der Waals surface area (Å²) in [4.78, 5) is 14.8. The van der Waals surface area contributed by atoms with E-state index in [9.17, 15) is 13.2 Å².